The van der Waals surface area contributed by atoms with Crippen molar-refractivity contribution in [3.8, 4) is 0 Å². The minimum atomic E-state index is -4.46. The van der Waals surface area contributed by atoms with E-state index in [1.165, 1.54) is 12.1 Å². The molecular weight excluding hydrogens is 336 g/mol. The van der Waals surface area contributed by atoms with Gasteiger partial charge in [0.05, 0.1) is 11.1 Å². The van der Waals surface area contributed by atoms with Gasteiger partial charge in [-0.05, 0) is 36.4 Å². The number of hydrogen-bond acceptors (Lipinski definition) is 1. The predicted octanol–water partition coefficient (Wildman–Crippen LogP) is 4.85. The van der Waals surface area contributed by atoms with Crippen LogP contribution in [-0.2, 0) is 18.9 Å². The molecule has 0 saturated carbocycles. The third-order valence-corrected chi connectivity index (χ3v) is 3.15. The van der Waals surface area contributed by atoms with Crippen LogP contribution in [0.4, 0.5) is 26.3 Å². The molecule has 0 saturated heterocycles. The Balaban J connectivity index is 2.09. The molecule has 0 aliphatic heterocycles. The van der Waals surface area contributed by atoms with Gasteiger partial charge in [0.1, 0.15) is 0 Å². The summed E-state index contributed by atoms with van der Waals surface area (Å²) < 4.78 is 75.0. The number of nitrogens with zero attached hydrogens (tertiary/aromatic N) is 1. The molecule has 8 heteroatoms. The Morgan fingerprint density at radius 2 is 1.17 bits per heavy atom. The highest BCUT2D eigenvalue weighted by atomic mass is 19.4. The van der Waals surface area contributed by atoms with Crippen LogP contribution in [0.25, 0.3) is 0 Å². The van der Waals surface area contributed by atoms with E-state index in [2.05, 4.69) is 0 Å². The van der Waals surface area contributed by atoms with Crippen molar-refractivity contribution in [2.24, 2.45) is 0 Å². The van der Waals surface area contributed by atoms with E-state index in [9.17, 15) is 31.5 Å². The Kier molecular flexibility index (Phi) is 4.86. The molecule has 0 aliphatic rings. The average molecular weight is 347 g/mol. The molecule has 128 valence electrons. The minimum absolute atomic E-state index is 0.223. The number of hydroxylamine groups is 1. The minimum Gasteiger partial charge on any atom is -0.624 e. The Bertz CT molecular complexity index is 714. The van der Waals surface area contributed by atoms with Gasteiger partial charge >= 0.3 is 12.4 Å². The zero-order chi connectivity index (χ0) is 18.0. The molecule has 0 aliphatic carbocycles. The second kappa shape index (κ2) is 6.54. The molecule has 0 aromatic heterocycles. The predicted molar refractivity (Wildman–Crippen MR) is 75.4 cm³/mol. The van der Waals surface area contributed by atoms with Crippen LogP contribution in [0.3, 0.4) is 0 Å². The second-order valence-electron chi connectivity index (χ2n) is 5.02. The van der Waals surface area contributed by atoms with Crippen LogP contribution < -0.4 is 0 Å². The second-order valence-corrected chi connectivity index (χ2v) is 5.02. The first kappa shape index (κ1) is 17.8. The lowest BCUT2D eigenvalue weighted by molar-refractivity contribution is -0.469. The Hall–Kier alpha value is -2.51. The molecule has 0 atom stereocenters. The smallest absolute Gasteiger partial charge is 0.416 e. The highest BCUT2D eigenvalue weighted by Gasteiger charge is 2.30. The van der Waals surface area contributed by atoms with Gasteiger partial charge in [-0.25, -0.2) is 4.74 Å². The lowest BCUT2D eigenvalue weighted by Crippen LogP contribution is -2.08. The summed E-state index contributed by atoms with van der Waals surface area (Å²) in [5.41, 5.74) is -1.05. The van der Waals surface area contributed by atoms with E-state index in [4.69, 9.17) is 0 Å². The molecule has 2 aromatic rings. The van der Waals surface area contributed by atoms with Gasteiger partial charge in [-0.15, -0.1) is 0 Å². The third-order valence-electron chi connectivity index (χ3n) is 3.15. The van der Waals surface area contributed by atoms with Gasteiger partial charge in [0.2, 0.25) is 0 Å². The van der Waals surface area contributed by atoms with Crippen LogP contribution in [0, 0.1) is 5.21 Å². The summed E-state index contributed by atoms with van der Waals surface area (Å²) in [4.78, 5) is 0. The maximum absolute atomic E-state index is 12.4. The van der Waals surface area contributed by atoms with Crippen molar-refractivity contribution >= 4 is 6.21 Å². The fourth-order valence-corrected chi connectivity index (χ4v) is 1.95. The zero-order valence-electron chi connectivity index (χ0n) is 12.0. The number of rotatable bonds is 3. The molecule has 0 amide bonds. The van der Waals surface area contributed by atoms with Gasteiger partial charge < -0.3 is 5.21 Å². The highest BCUT2D eigenvalue weighted by molar-refractivity contribution is 5.75. The van der Waals surface area contributed by atoms with Crippen LogP contribution in [0.2, 0.25) is 0 Å². The topological polar surface area (TPSA) is 26.1 Å². The monoisotopic (exact) mass is 347 g/mol. The molecule has 0 spiro atoms. The molecule has 0 N–H and O–H groups in total. The Labute approximate surface area is 133 Å². The fourth-order valence-electron chi connectivity index (χ4n) is 1.95. The zero-order valence-corrected chi connectivity index (χ0v) is 12.0. The normalized spacial score (nSPS) is 13.2. The van der Waals surface area contributed by atoms with E-state index in [-0.39, 0.29) is 12.1 Å². The summed E-state index contributed by atoms with van der Waals surface area (Å²) in [6.45, 7) is -0.223. The molecule has 0 radical (unpaired) electrons. The highest BCUT2D eigenvalue weighted by Crippen LogP contribution is 2.29. The first-order chi connectivity index (χ1) is 11.1. The largest absolute Gasteiger partial charge is 0.624 e. The summed E-state index contributed by atoms with van der Waals surface area (Å²) in [5.74, 6) is 0. The number of alkyl halides is 6. The van der Waals surface area contributed by atoms with Gasteiger partial charge in [-0.2, -0.15) is 26.3 Å². The molecule has 24 heavy (non-hydrogen) atoms. The number of halogens is 6. The molecule has 0 fully saturated rings. The van der Waals surface area contributed by atoms with Crippen LogP contribution in [0.5, 0.6) is 0 Å². The quantitative estimate of drug-likeness (QED) is 0.256. The number of hydrogen-bond donors (Lipinski definition) is 0. The SMILES string of the molecule is [O-]/[N+](=C/c1ccc(C(F)(F)F)cc1)Cc1ccc(C(F)(F)F)cc1. The Morgan fingerprint density at radius 3 is 1.58 bits per heavy atom. The van der Waals surface area contributed by atoms with Crippen molar-refractivity contribution in [1.29, 1.82) is 0 Å². The van der Waals surface area contributed by atoms with Gasteiger partial charge in [0.15, 0.2) is 12.8 Å². The summed E-state index contributed by atoms with van der Waals surface area (Å²) in [6, 6.07) is 8.04. The first-order valence-electron chi connectivity index (χ1n) is 6.68. The molecule has 0 unspecified atom stereocenters. The van der Waals surface area contributed by atoms with Gasteiger partial charge in [-0.1, -0.05) is 12.1 Å². The molecule has 2 aromatic carbocycles. The van der Waals surface area contributed by atoms with Gasteiger partial charge in [0.25, 0.3) is 0 Å². The van der Waals surface area contributed by atoms with E-state index in [0.717, 1.165) is 42.6 Å². The van der Waals surface area contributed by atoms with Crippen molar-refractivity contribution in [3.63, 3.8) is 0 Å². The molecule has 0 bridgehead atoms. The summed E-state index contributed by atoms with van der Waals surface area (Å²) >= 11 is 0. The Morgan fingerprint density at radius 1 is 0.750 bits per heavy atom. The number of benzene rings is 2. The maximum atomic E-state index is 12.4. The van der Waals surface area contributed by atoms with E-state index in [1.54, 1.807) is 0 Å². The van der Waals surface area contributed by atoms with Crippen molar-refractivity contribution in [3.05, 3.63) is 76.0 Å². The van der Waals surface area contributed by atoms with Crippen molar-refractivity contribution in [2.45, 2.75) is 18.9 Å². The summed E-state index contributed by atoms with van der Waals surface area (Å²) in [7, 11) is 0. The van der Waals surface area contributed by atoms with Crippen LogP contribution in [0.1, 0.15) is 22.3 Å². The van der Waals surface area contributed by atoms with Crippen molar-refractivity contribution in [1.82, 2.24) is 0 Å². The van der Waals surface area contributed by atoms with Gasteiger partial charge in [0, 0.05) is 11.1 Å². The lowest BCUT2D eigenvalue weighted by Gasteiger charge is -2.08. The van der Waals surface area contributed by atoms with E-state index in [1.807, 2.05) is 0 Å². The van der Waals surface area contributed by atoms with Crippen LogP contribution >= 0.6 is 0 Å². The molecular formula is C16H11F6NO. The first-order valence-corrected chi connectivity index (χ1v) is 6.68. The standard InChI is InChI=1S/C16H11F6NO/c17-15(18,19)13-5-1-11(2-6-13)9-23(24)10-12-3-7-14(8-4-12)16(20,21)22/h1-9H,10H2/b23-9+. The molecule has 0 heterocycles. The third kappa shape index (κ3) is 4.74. The molecule has 2 nitrogen and oxygen atoms in total. The van der Waals surface area contributed by atoms with Crippen LogP contribution in [0.15, 0.2) is 48.5 Å². The average Bonchev–Trinajstić information content (AvgIpc) is 2.46. The maximum Gasteiger partial charge on any atom is 0.416 e. The van der Waals surface area contributed by atoms with E-state index >= 15 is 0 Å². The van der Waals surface area contributed by atoms with Crippen LogP contribution in [-0.4, -0.2) is 11.0 Å². The fraction of sp³-hybridized carbons (Fsp3) is 0.188. The lowest BCUT2D eigenvalue weighted by atomic mass is 10.1. The van der Waals surface area contributed by atoms with E-state index in [0.29, 0.717) is 10.3 Å². The van der Waals surface area contributed by atoms with E-state index < -0.39 is 23.5 Å². The summed E-state index contributed by atoms with van der Waals surface area (Å²) in [6.07, 6.45) is -7.85. The molecule has 2 rings (SSSR count). The van der Waals surface area contributed by atoms with Crippen molar-refractivity contribution < 1.29 is 31.1 Å². The van der Waals surface area contributed by atoms with Gasteiger partial charge in [-0.3, -0.25) is 0 Å². The summed E-state index contributed by atoms with van der Waals surface area (Å²) in [5, 5.41) is 11.8. The van der Waals surface area contributed by atoms with Crippen molar-refractivity contribution in [2.75, 3.05) is 0 Å².